The summed E-state index contributed by atoms with van der Waals surface area (Å²) in [5.41, 5.74) is 5.32. The minimum Gasteiger partial charge on any atom is -0.326 e. The molecule has 21 heavy (non-hydrogen) atoms. The Morgan fingerprint density at radius 3 is 2.19 bits per heavy atom. The minimum atomic E-state index is -4.55. The lowest BCUT2D eigenvalue weighted by Gasteiger charge is -2.07. The fraction of sp³-hybridized carbons (Fsp3) is 0.286. The van der Waals surface area contributed by atoms with E-state index in [1.807, 2.05) is 13.8 Å². The minimum absolute atomic E-state index is 0.124. The number of nitrogens with two attached hydrogens (primary N) is 1. The lowest BCUT2D eigenvalue weighted by atomic mass is 10.1. The van der Waals surface area contributed by atoms with Crippen molar-refractivity contribution in [3.05, 3.63) is 47.7 Å². The van der Waals surface area contributed by atoms with Crippen molar-refractivity contribution in [1.29, 1.82) is 0 Å². The number of nitrogens with zero attached hydrogens (tertiary/aromatic N) is 2. The van der Waals surface area contributed by atoms with E-state index in [-0.39, 0.29) is 12.2 Å². The Bertz CT molecular complexity index is 580. The number of benzene rings is 1. The zero-order chi connectivity index (χ0) is 16.0. The van der Waals surface area contributed by atoms with Crippen LogP contribution in [-0.4, -0.2) is 9.97 Å². The Morgan fingerprint density at radius 1 is 1.05 bits per heavy atom. The quantitative estimate of drug-likeness (QED) is 0.859. The molecule has 0 radical (unpaired) electrons. The molecule has 3 nitrogen and oxygen atoms in total. The van der Waals surface area contributed by atoms with Crippen LogP contribution in [0, 0.1) is 5.82 Å². The molecule has 2 aromatic rings. The van der Waals surface area contributed by atoms with Crippen molar-refractivity contribution in [2.24, 2.45) is 5.73 Å². The van der Waals surface area contributed by atoms with Gasteiger partial charge in [-0.1, -0.05) is 13.8 Å². The molecule has 0 amide bonds. The molecular weight excluding hydrogens is 286 g/mol. The van der Waals surface area contributed by atoms with Crippen molar-refractivity contribution >= 4 is 0 Å². The van der Waals surface area contributed by atoms with Crippen LogP contribution in [0.25, 0.3) is 11.3 Å². The summed E-state index contributed by atoms with van der Waals surface area (Å²) >= 11 is 0. The van der Waals surface area contributed by atoms with Crippen LogP contribution >= 0.6 is 0 Å². The van der Waals surface area contributed by atoms with Gasteiger partial charge in [-0.15, -0.1) is 0 Å². The first-order chi connectivity index (χ1) is 9.90. The molecule has 0 spiro atoms. The number of halogens is 4. The van der Waals surface area contributed by atoms with Crippen molar-refractivity contribution in [3.63, 3.8) is 0 Å². The van der Waals surface area contributed by atoms with Crippen LogP contribution in [0.5, 0.6) is 0 Å². The molecule has 0 aliphatic heterocycles. The van der Waals surface area contributed by atoms with E-state index in [0.29, 0.717) is 17.3 Å². The van der Waals surface area contributed by atoms with Crippen molar-refractivity contribution in [2.45, 2.75) is 26.6 Å². The molecule has 2 rings (SSSR count). The van der Waals surface area contributed by atoms with E-state index in [4.69, 9.17) is 5.73 Å². The van der Waals surface area contributed by atoms with Crippen LogP contribution in [0.15, 0.2) is 30.6 Å². The smallest absolute Gasteiger partial charge is 0.326 e. The van der Waals surface area contributed by atoms with Crippen LogP contribution < -0.4 is 5.73 Å². The molecule has 2 N–H and O–H groups in total. The predicted molar refractivity (Wildman–Crippen MR) is 71.7 cm³/mol. The fourth-order valence-electron chi connectivity index (χ4n) is 1.54. The highest BCUT2D eigenvalue weighted by molar-refractivity contribution is 5.59. The van der Waals surface area contributed by atoms with E-state index in [1.165, 1.54) is 6.07 Å². The average Bonchev–Trinajstić information content (AvgIpc) is 2.48. The van der Waals surface area contributed by atoms with E-state index < -0.39 is 17.7 Å². The lowest BCUT2D eigenvalue weighted by Crippen LogP contribution is -2.08. The maximum Gasteiger partial charge on any atom is 0.434 e. The van der Waals surface area contributed by atoms with Crippen molar-refractivity contribution < 1.29 is 17.6 Å². The fourth-order valence-corrected chi connectivity index (χ4v) is 1.54. The zero-order valence-electron chi connectivity index (χ0n) is 11.6. The van der Waals surface area contributed by atoms with Gasteiger partial charge in [-0.05, 0) is 23.8 Å². The van der Waals surface area contributed by atoms with Crippen LogP contribution in [0.3, 0.4) is 0 Å². The zero-order valence-corrected chi connectivity index (χ0v) is 11.6. The summed E-state index contributed by atoms with van der Waals surface area (Å²) in [7, 11) is 0. The summed E-state index contributed by atoms with van der Waals surface area (Å²) in [4.78, 5) is 6.91. The highest BCUT2D eigenvalue weighted by Gasteiger charge is 2.32. The number of alkyl halides is 3. The van der Waals surface area contributed by atoms with Crippen molar-refractivity contribution in [3.8, 4) is 11.3 Å². The van der Waals surface area contributed by atoms with E-state index in [1.54, 1.807) is 6.07 Å². The maximum absolute atomic E-state index is 13.3. The van der Waals surface area contributed by atoms with Gasteiger partial charge >= 0.3 is 6.18 Å². The highest BCUT2D eigenvalue weighted by atomic mass is 19.4. The summed E-state index contributed by atoms with van der Waals surface area (Å²) in [6.45, 7) is 4.12. The normalized spacial score (nSPS) is 10.8. The summed E-state index contributed by atoms with van der Waals surface area (Å²) in [6, 6.07) is 3.97. The number of aromatic nitrogens is 2. The number of hydrogen-bond acceptors (Lipinski definition) is 3. The maximum atomic E-state index is 13.3. The standard InChI is InChI=1S/C12H9F4N3.C2H6/c13-9-2-7(4-17)1-8(3-9)10-5-19-11(6-18-10)12(14,15)16;1-2/h1-3,5-6H,4,17H2;1-2H3. The third-order valence-electron chi connectivity index (χ3n) is 2.43. The van der Waals surface area contributed by atoms with E-state index >= 15 is 0 Å². The molecule has 1 aromatic heterocycles. The first-order valence-corrected chi connectivity index (χ1v) is 6.29. The van der Waals surface area contributed by atoms with E-state index in [9.17, 15) is 17.6 Å². The Morgan fingerprint density at radius 2 is 1.71 bits per heavy atom. The SMILES string of the molecule is CC.NCc1cc(F)cc(-c2cnc(C(F)(F)F)cn2)c1. The first-order valence-electron chi connectivity index (χ1n) is 6.29. The Kier molecular flexibility index (Phi) is 5.78. The molecule has 0 unspecified atom stereocenters. The number of rotatable bonds is 2. The Labute approximate surface area is 119 Å². The van der Waals surface area contributed by atoms with Gasteiger partial charge in [0, 0.05) is 12.1 Å². The molecule has 1 aromatic carbocycles. The van der Waals surface area contributed by atoms with E-state index in [0.717, 1.165) is 12.3 Å². The second kappa shape index (κ2) is 7.12. The molecule has 0 bridgehead atoms. The van der Waals surface area contributed by atoms with Crippen molar-refractivity contribution in [2.75, 3.05) is 0 Å². The van der Waals surface area contributed by atoms with Crippen molar-refractivity contribution in [1.82, 2.24) is 9.97 Å². The van der Waals surface area contributed by atoms with Gasteiger partial charge in [0.1, 0.15) is 5.82 Å². The molecular formula is C14H15F4N3. The van der Waals surface area contributed by atoms with Gasteiger partial charge in [0.25, 0.3) is 0 Å². The monoisotopic (exact) mass is 301 g/mol. The average molecular weight is 301 g/mol. The molecule has 0 saturated carbocycles. The lowest BCUT2D eigenvalue weighted by molar-refractivity contribution is -0.141. The topological polar surface area (TPSA) is 51.8 Å². The molecule has 0 fully saturated rings. The van der Waals surface area contributed by atoms with Gasteiger partial charge in [-0.25, -0.2) is 9.37 Å². The summed E-state index contributed by atoms with van der Waals surface area (Å²) in [6.07, 6.45) is -2.98. The van der Waals surface area contributed by atoms with Gasteiger partial charge in [-0.3, -0.25) is 4.98 Å². The van der Waals surface area contributed by atoms with Gasteiger partial charge in [0.2, 0.25) is 0 Å². The van der Waals surface area contributed by atoms with Crippen LogP contribution in [0.1, 0.15) is 25.1 Å². The summed E-state index contributed by atoms with van der Waals surface area (Å²) in [5.74, 6) is -0.528. The molecule has 0 aliphatic carbocycles. The van der Waals surface area contributed by atoms with Crippen LogP contribution in [0.4, 0.5) is 17.6 Å². The summed E-state index contributed by atoms with van der Waals surface area (Å²) in [5, 5.41) is 0. The Hall–Kier alpha value is -2.02. The predicted octanol–water partition coefficient (Wildman–Crippen LogP) is 3.79. The second-order valence-electron chi connectivity index (χ2n) is 3.84. The third kappa shape index (κ3) is 4.49. The largest absolute Gasteiger partial charge is 0.434 e. The van der Waals surface area contributed by atoms with Crippen LogP contribution in [0.2, 0.25) is 0 Å². The van der Waals surface area contributed by atoms with Gasteiger partial charge in [0.15, 0.2) is 5.69 Å². The molecule has 0 saturated heterocycles. The first kappa shape index (κ1) is 17.0. The molecule has 114 valence electrons. The van der Waals surface area contributed by atoms with Gasteiger partial charge in [-0.2, -0.15) is 13.2 Å². The van der Waals surface area contributed by atoms with Crippen LogP contribution in [-0.2, 0) is 12.7 Å². The Balaban J connectivity index is 0.00000106. The number of hydrogen-bond donors (Lipinski definition) is 1. The molecule has 0 atom stereocenters. The second-order valence-corrected chi connectivity index (χ2v) is 3.84. The molecule has 1 heterocycles. The molecule has 7 heteroatoms. The van der Waals surface area contributed by atoms with Gasteiger partial charge < -0.3 is 5.73 Å². The third-order valence-corrected chi connectivity index (χ3v) is 2.43. The molecule has 0 aliphatic rings. The highest BCUT2D eigenvalue weighted by Crippen LogP contribution is 2.28. The van der Waals surface area contributed by atoms with Gasteiger partial charge in [0.05, 0.1) is 18.1 Å². The van der Waals surface area contributed by atoms with E-state index in [2.05, 4.69) is 9.97 Å². The summed E-state index contributed by atoms with van der Waals surface area (Å²) < 4.78 is 50.3.